The molecule has 0 aliphatic heterocycles. The summed E-state index contributed by atoms with van der Waals surface area (Å²) in [6.07, 6.45) is 9.79. The average molecular weight is 289 g/mol. The van der Waals surface area contributed by atoms with Gasteiger partial charge in [0.2, 0.25) is 0 Å². The Morgan fingerprint density at radius 3 is 2.58 bits per heavy atom. The van der Waals surface area contributed by atoms with E-state index in [-0.39, 0.29) is 0 Å². The SMILES string of the molecule is CCNC(CCCS(C)(=O)=O)C1CCCC(CC)C1. The molecular formula is C15H31NO2S. The predicted octanol–water partition coefficient (Wildman–Crippen LogP) is 3.01. The standard InChI is InChI=1S/C15H31NO2S/c1-4-13-8-6-9-14(12-13)15(16-5-2)10-7-11-19(3,17)18/h13-16H,4-12H2,1-3H3. The second-order valence-electron chi connectivity index (χ2n) is 6.14. The Labute approximate surface area is 119 Å². The molecule has 0 spiro atoms. The molecule has 19 heavy (non-hydrogen) atoms. The molecule has 1 aliphatic carbocycles. The molecule has 1 rings (SSSR count). The maximum absolute atomic E-state index is 11.2. The van der Waals surface area contributed by atoms with Crippen LogP contribution < -0.4 is 5.32 Å². The summed E-state index contributed by atoms with van der Waals surface area (Å²) in [4.78, 5) is 0. The van der Waals surface area contributed by atoms with Crippen molar-refractivity contribution in [2.24, 2.45) is 11.8 Å². The highest BCUT2D eigenvalue weighted by molar-refractivity contribution is 7.90. The Kier molecular flexibility index (Phi) is 7.37. The molecule has 1 saturated carbocycles. The third kappa shape index (κ3) is 6.75. The number of rotatable bonds is 8. The molecule has 4 heteroatoms. The summed E-state index contributed by atoms with van der Waals surface area (Å²) in [7, 11) is -2.81. The van der Waals surface area contributed by atoms with Gasteiger partial charge in [0, 0.05) is 18.1 Å². The van der Waals surface area contributed by atoms with Crippen LogP contribution in [-0.4, -0.2) is 33.0 Å². The van der Waals surface area contributed by atoms with E-state index >= 15 is 0 Å². The van der Waals surface area contributed by atoms with Crippen LogP contribution in [0.4, 0.5) is 0 Å². The van der Waals surface area contributed by atoms with Gasteiger partial charge in [-0.1, -0.05) is 33.1 Å². The van der Waals surface area contributed by atoms with Gasteiger partial charge in [-0.2, -0.15) is 0 Å². The lowest BCUT2D eigenvalue weighted by atomic mass is 9.76. The van der Waals surface area contributed by atoms with E-state index in [2.05, 4.69) is 19.2 Å². The molecule has 0 bridgehead atoms. The lowest BCUT2D eigenvalue weighted by Crippen LogP contribution is -2.38. The summed E-state index contributed by atoms with van der Waals surface area (Å²) in [5.74, 6) is 1.96. The molecule has 3 nitrogen and oxygen atoms in total. The van der Waals surface area contributed by atoms with E-state index in [1.165, 1.54) is 38.4 Å². The van der Waals surface area contributed by atoms with Crippen LogP contribution in [-0.2, 0) is 9.84 Å². The van der Waals surface area contributed by atoms with Gasteiger partial charge >= 0.3 is 0 Å². The fourth-order valence-corrected chi connectivity index (χ4v) is 4.09. The Bertz CT molecular complexity index is 340. The lowest BCUT2D eigenvalue weighted by molar-refractivity contribution is 0.202. The minimum Gasteiger partial charge on any atom is -0.314 e. The molecule has 114 valence electrons. The van der Waals surface area contributed by atoms with Crippen LogP contribution in [0, 0.1) is 11.8 Å². The first-order chi connectivity index (χ1) is 8.96. The number of hydrogen-bond acceptors (Lipinski definition) is 3. The van der Waals surface area contributed by atoms with E-state index < -0.39 is 9.84 Å². The van der Waals surface area contributed by atoms with Crippen LogP contribution in [0.2, 0.25) is 0 Å². The summed E-state index contributed by atoms with van der Waals surface area (Å²) >= 11 is 0. The Morgan fingerprint density at radius 1 is 1.26 bits per heavy atom. The summed E-state index contributed by atoms with van der Waals surface area (Å²) in [6, 6.07) is 0.515. The van der Waals surface area contributed by atoms with Crippen molar-refractivity contribution < 1.29 is 8.42 Å². The second-order valence-corrected chi connectivity index (χ2v) is 8.40. The number of nitrogens with one attached hydrogen (secondary N) is 1. The average Bonchev–Trinajstić information content (AvgIpc) is 2.36. The molecule has 0 amide bonds. The van der Waals surface area contributed by atoms with E-state index in [9.17, 15) is 8.42 Å². The first-order valence-electron chi connectivity index (χ1n) is 7.87. The highest BCUT2D eigenvalue weighted by Gasteiger charge is 2.27. The minimum atomic E-state index is -2.81. The van der Waals surface area contributed by atoms with Crippen molar-refractivity contribution in [3.8, 4) is 0 Å². The van der Waals surface area contributed by atoms with Gasteiger partial charge in [0.05, 0.1) is 0 Å². The topological polar surface area (TPSA) is 46.2 Å². The van der Waals surface area contributed by atoms with Crippen LogP contribution in [0.25, 0.3) is 0 Å². The van der Waals surface area contributed by atoms with Gasteiger partial charge in [0.15, 0.2) is 0 Å². The van der Waals surface area contributed by atoms with Crippen LogP contribution in [0.15, 0.2) is 0 Å². The van der Waals surface area contributed by atoms with Crippen molar-refractivity contribution in [3.05, 3.63) is 0 Å². The van der Waals surface area contributed by atoms with Crippen molar-refractivity contribution in [2.75, 3.05) is 18.6 Å². The minimum absolute atomic E-state index is 0.332. The van der Waals surface area contributed by atoms with Crippen LogP contribution in [0.5, 0.6) is 0 Å². The van der Waals surface area contributed by atoms with Gasteiger partial charge in [-0.05, 0) is 44.1 Å². The predicted molar refractivity (Wildman–Crippen MR) is 82.1 cm³/mol. The summed E-state index contributed by atoms with van der Waals surface area (Å²) < 4.78 is 22.4. The van der Waals surface area contributed by atoms with E-state index in [1.807, 2.05) is 0 Å². The lowest BCUT2D eigenvalue weighted by Gasteiger charge is -2.35. The summed E-state index contributed by atoms with van der Waals surface area (Å²) in [6.45, 7) is 5.42. The van der Waals surface area contributed by atoms with Gasteiger partial charge < -0.3 is 5.32 Å². The molecule has 0 aromatic rings. The molecule has 0 aromatic heterocycles. The van der Waals surface area contributed by atoms with Gasteiger partial charge in [-0.25, -0.2) is 8.42 Å². The summed E-state index contributed by atoms with van der Waals surface area (Å²) in [5, 5.41) is 3.59. The van der Waals surface area contributed by atoms with Gasteiger partial charge in [-0.15, -0.1) is 0 Å². The molecule has 3 unspecified atom stereocenters. The third-order valence-corrected chi connectivity index (χ3v) is 5.50. The zero-order valence-electron chi connectivity index (χ0n) is 12.8. The van der Waals surface area contributed by atoms with Crippen molar-refractivity contribution in [1.29, 1.82) is 0 Å². The van der Waals surface area contributed by atoms with Gasteiger partial charge in [-0.3, -0.25) is 0 Å². The maximum atomic E-state index is 11.2. The van der Waals surface area contributed by atoms with E-state index in [0.29, 0.717) is 11.8 Å². The largest absolute Gasteiger partial charge is 0.314 e. The molecule has 3 atom stereocenters. The fourth-order valence-electron chi connectivity index (χ4n) is 3.40. The van der Waals surface area contributed by atoms with E-state index in [4.69, 9.17) is 0 Å². The molecule has 0 radical (unpaired) electrons. The van der Waals surface area contributed by atoms with Gasteiger partial charge in [0.25, 0.3) is 0 Å². The highest BCUT2D eigenvalue weighted by Crippen LogP contribution is 2.34. The Morgan fingerprint density at radius 2 is 2.00 bits per heavy atom. The Hall–Kier alpha value is -0.0900. The first-order valence-corrected chi connectivity index (χ1v) is 9.93. The van der Waals surface area contributed by atoms with Crippen LogP contribution >= 0.6 is 0 Å². The summed E-state index contributed by atoms with van der Waals surface area (Å²) in [5.41, 5.74) is 0. The molecule has 1 N–H and O–H groups in total. The monoisotopic (exact) mass is 289 g/mol. The molecular weight excluding hydrogens is 258 g/mol. The van der Waals surface area contributed by atoms with Crippen LogP contribution in [0.1, 0.15) is 58.8 Å². The molecule has 1 aliphatic rings. The smallest absolute Gasteiger partial charge is 0.147 e. The quantitative estimate of drug-likeness (QED) is 0.747. The molecule has 0 heterocycles. The number of hydrogen-bond donors (Lipinski definition) is 1. The molecule has 1 fully saturated rings. The van der Waals surface area contributed by atoms with Crippen LogP contribution in [0.3, 0.4) is 0 Å². The van der Waals surface area contributed by atoms with Crippen molar-refractivity contribution in [3.63, 3.8) is 0 Å². The van der Waals surface area contributed by atoms with E-state index in [0.717, 1.165) is 31.2 Å². The normalized spacial score (nSPS) is 26.3. The van der Waals surface area contributed by atoms with Crippen molar-refractivity contribution >= 4 is 9.84 Å². The first kappa shape index (κ1) is 17.0. The molecule has 0 aromatic carbocycles. The van der Waals surface area contributed by atoms with E-state index in [1.54, 1.807) is 0 Å². The second kappa shape index (κ2) is 8.25. The maximum Gasteiger partial charge on any atom is 0.147 e. The molecule has 0 saturated heterocycles. The van der Waals surface area contributed by atoms with Gasteiger partial charge in [0.1, 0.15) is 9.84 Å². The zero-order valence-corrected chi connectivity index (χ0v) is 13.6. The van der Waals surface area contributed by atoms with Crippen molar-refractivity contribution in [1.82, 2.24) is 5.32 Å². The third-order valence-electron chi connectivity index (χ3n) is 4.47. The fraction of sp³-hybridized carbons (Fsp3) is 1.00. The zero-order chi connectivity index (χ0) is 14.3. The highest BCUT2D eigenvalue weighted by atomic mass is 32.2. The van der Waals surface area contributed by atoms with Crippen molar-refractivity contribution in [2.45, 2.75) is 64.8 Å². The Balaban J connectivity index is 2.46. The number of sulfone groups is 1.